The number of carbonyl (C=O) groups excluding carboxylic acids is 1. The highest BCUT2D eigenvalue weighted by atomic mass is 19.1. The second-order valence-corrected chi connectivity index (χ2v) is 7.74. The normalized spacial score (nSPS) is 16.2. The van der Waals surface area contributed by atoms with Crippen LogP contribution in [0.2, 0.25) is 0 Å². The summed E-state index contributed by atoms with van der Waals surface area (Å²) in [5, 5.41) is 0. The monoisotopic (exact) mass is 420 g/mol. The molecule has 0 radical (unpaired) electrons. The predicted molar refractivity (Wildman–Crippen MR) is 117 cm³/mol. The second-order valence-electron chi connectivity index (χ2n) is 7.74. The van der Waals surface area contributed by atoms with Crippen molar-refractivity contribution in [2.75, 3.05) is 25.9 Å². The largest absolute Gasteiger partial charge is 0.497 e. The molecule has 1 aromatic heterocycles. The molecule has 1 aliphatic rings. The zero-order chi connectivity index (χ0) is 21.8. The van der Waals surface area contributed by atoms with Gasteiger partial charge in [-0.2, -0.15) is 0 Å². The van der Waals surface area contributed by atoms with Crippen LogP contribution in [0, 0.1) is 5.82 Å². The van der Waals surface area contributed by atoms with E-state index in [4.69, 9.17) is 10.5 Å². The van der Waals surface area contributed by atoms with Gasteiger partial charge in [0.15, 0.2) is 0 Å². The van der Waals surface area contributed by atoms with Gasteiger partial charge in [-0.1, -0.05) is 24.3 Å². The molecule has 1 fully saturated rings. The van der Waals surface area contributed by atoms with Crippen molar-refractivity contribution in [3.8, 4) is 16.9 Å². The van der Waals surface area contributed by atoms with E-state index in [1.807, 2.05) is 35.2 Å². The van der Waals surface area contributed by atoms with Gasteiger partial charge in [-0.15, -0.1) is 0 Å². The van der Waals surface area contributed by atoms with Crippen molar-refractivity contribution in [3.63, 3.8) is 0 Å². The van der Waals surface area contributed by atoms with Gasteiger partial charge >= 0.3 is 0 Å². The third-order valence-corrected chi connectivity index (χ3v) is 5.65. The standard InChI is InChI=1S/C24H25FN4O2/c1-31-20-9-7-16(8-10-20)12-22(30)29-11-3-5-18(15-29)23-21(14-27-24(26)28-23)17-4-2-6-19(25)13-17/h2,4,6-10,13-14,18H,3,5,11-12,15H2,1H3,(H2,26,27,28)/t18-/m1/s1. The van der Waals surface area contributed by atoms with Crippen LogP contribution >= 0.6 is 0 Å². The van der Waals surface area contributed by atoms with E-state index in [0.717, 1.165) is 35.4 Å². The molecule has 7 heteroatoms. The van der Waals surface area contributed by atoms with Crippen molar-refractivity contribution < 1.29 is 13.9 Å². The van der Waals surface area contributed by atoms with Gasteiger partial charge in [0, 0.05) is 30.8 Å². The van der Waals surface area contributed by atoms with Crippen molar-refractivity contribution in [1.29, 1.82) is 0 Å². The quantitative estimate of drug-likeness (QED) is 0.679. The van der Waals surface area contributed by atoms with Crippen molar-refractivity contribution in [2.45, 2.75) is 25.2 Å². The van der Waals surface area contributed by atoms with Crippen molar-refractivity contribution in [1.82, 2.24) is 14.9 Å². The summed E-state index contributed by atoms with van der Waals surface area (Å²) in [5.74, 6) is 0.707. The number of benzene rings is 2. The Morgan fingerprint density at radius 3 is 2.81 bits per heavy atom. The van der Waals surface area contributed by atoms with E-state index >= 15 is 0 Å². The second kappa shape index (κ2) is 9.12. The third-order valence-electron chi connectivity index (χ3n) is 5.65. The van der Waals surface area contributed by atoms with Crippen LogP contribution in [0.1, 0.15) is 30.0 Å². The summed E-state index contributed by atoms with van der Waals surface area (Å²) < 4.78 is 19.0. The number of ether oxygens (including phenoxy) is 1. The number of nitrogens with zero attached hydrogens (tertiary/aromatic N) is 3. The maximum Gasteiger partial charge on any atom is 0.227 e. The Morgan fingerprint density at radius 2 is 2.06 bits per heavy atom. The van der Waals surface area contributed by atoms with Crippen molar-refractivity contribution in [3.05, 3.63) is 71.8 Å². The van der Waals surface area contributed by atoms with E-state index in [2.05, 4.69) is 9.97 Å². The number of nitrogen functional groups attached to an aromatic ring is 1. The first-order chi connectivity index (χ1) is 15.0. The summed E-state index contributed by atoms with van der Waals surface area (Å²) >= 11 is 0. The molecular weight excluding hydrogens is 395 g/mol. The average Bonchev–Trinajstić information content (AvgIpc) is 2.79. The average molecular weight is 420 g/mol. The minimum absolute atomic E-state index is 0.0112. The summed E-state index contributed by atoms with van der Waals surface area (Å²) in [6.07, 6.45) is 3.72. The van der Waals surface area contributed by atoms with Crippen molar-refractivity contribution >= 4 is 11.9 Å². The zero-order valence-corrected chi connectivity index (χ0v) is 17.4. The molecule has 2 N–H and O–H groups in total. The molecule has 1 atom stereocenters. The first kappa shape index (κ1) is 20.8. The van der Waals surface area contributed by atoms with E-state index in [0.29, 0.717) is 25.1 Å². The van der Waals surface area contributed by atoms with Crippen LogP contribution in [0.3, 0.4) is 0 Å². The molecular formula is C24H25FN4O2. The predicted octanol–water partition coefficient (Wildman–Crippen LogP) is 3.82. The van der Waals surface area contributed by atoms with Gasteiger partial charge < -0.3 is 15.4 Å². The molecule has 0 unspecified atom stereocenters. The van der Waals surface area contributed by atoms with E-state index < -0.39 is 0 Å². The van der Waals surface area contributed by atoms with E-state index in [1.165, 1.54) is 12.1 Å². The van der Waals surface area contributed by atoms with Gasteiger partial charge in [0.25, 0.3) is 0 Å². The zero-order valence-electron chi connectivity index (χ0n) is 17.4. The van der Waals surface area contributed by atoms with Crippen LogP contribution in [0.25, 0.3) is 11.1 Å². The molecule has 1 aliphatic heterocycles. The lowest BCUT2D eigenvalue weighted by atomic mass is 9.89. The minimum atomic E-state index is -0.319. The number of halogens is 1. The number of hydrogen-bond donors (Lipinski definition) is 1. The third kappa shape index (κ3) is 4.82. The number of carbonyl (C=O) groups is 1. The SMILES string of the molecule is COc1ccc(CC(=O)N2CCC[C@@H](c3nc(N)ncc3-c3cccc(F)c3)C2)cc1. The Morgan fingerprint density at radius 1 is 1.26 bits per heavy atom. The van der Waals surface area contributed by atoms with E-state index in [-0.39, 0.29) is 23.6 Å². The first-order valence-corrected chi connectivity index (χ1v) is 10.3. The Kier molecular flexibility index (Phi) is 6.11. The number of amides is 1. The lowest BCUT2D eigenvalue weighted by Crippen LogP contribution is -2.40. The molecule has 6 nitrogen and oxygen atoms in total. The van der Waals surface area contributed by atoms with Crippen LogP contribution in [0.5, 0.6) is 5.75 Å². The van der Waals surface area contributed by atoms with Gasteiger partial charge in [0.2, 0.25) is 11.9 Å². The molecule has 0 bridgehead atoms. The summed E-state index contributed by atoms with van der Waals surface area (Å²) in [6, 6.07) is 13.9. The van der Waals surface area contributed by atoms with E-state index in [9.17, 15) is 9.18 Å². The van der Waals surface area contributed by atoms with E-state index in [1.54, 1.807) is 19.4 Å². The number of likely N-dealkylation sites (tertiary alicyclic amines) is 1. The lowest BCUT2D eigenvalue weighted by Gasteiger charge is -2.33. The van der Waals surface area contributed by atoms with Crippen LogP contribution in [-0.4, -0.2) is 41.0 Å². The molecule has 31 heavy (non-hydrogen) atoms. The summed E-state index contributed by atoms with van der Waals surface area (Å²) in [4.78, 5) is 23.4. The van der Waals surface area contributed by atoms with Crippen LogP contribution in [0.4, 0.5) is 10.3 Å². The van der Waals surface area contributed by atoms with Gasteiger partial charge in [-0.05, 0) is 48.2 Å². The number of piperidine rings is 1. The van der Waals surface area contributed by atoms with Gasteiger partial charge in [0.1, 0.15) is 11.6 Å². The van der Waals surface area contributed by atoms with Gasteiger partial charge in [-0.3, -0.25) is 4.79 Å². The fourth-order valence-electron chi connectivity index (χ4n) is 4.06. The molecule has 3 aromatic rings. The Bertz CT molecular complexity index is 1070. The number of rotatable bonds is 5. The first-order valence-electron chi connectivity index (χ1n) is 10.3. The maximum absolute atomic E-state index is 13.8. The number of methoxy groups -OCH3 is 1. The number of anilines is 1. The van der Waals surface area contributed by atoms with Gasteiger partial charge in [0.05, 0.1) is 19.2 Å². The Balaban J connectivity index is 1.54. The Hall–Kier alpha value is -3.48. The Labute approximate surface area is 180 Å². The summed E-state index contributed by atoms with van der Waals surface area (Å²) in [6.45, 7) is 1.26. The molecule has 2 heterocycles. The highest BCUT2D eigenvalue weighted by molar-refractivity contribution is 5.79. The fraction of sp³-hybridized carbons (Fsp3) is 0.292. The molecule has 160 valence electrons. The smallest absolute Gasteiger partial charge is 0.227 e. The summed E-state index contributed by atoms with van der Waals surface area (Å²) in [7, 11) is 1.62. The minimum Gasteiger partial charge on any atom is -0.497 e. The summed E-state index contributed by atoms with van der Waals surface area (Å²) in [5.41, 5.74) is 9.04. The van der Waals surface area contributed by atoms with Crippen LogP contribution < -0.4 is 10.5 Å². The fourth-order valence-corrected chi connectivity index (χ4v) is 4.06. The molecule has 0 aliphatic carbocycles. The highest BCUT2D eigenvalue weighted by Crippen LogP contribution is 2.33. The number of aromatic nitrogens is 2. The van der Waals surface area contributed by atoms with Crippen molar-refractivity contribution in [2.24, 2.45) is 0 Å². The van der Waals surface area contributed by atoms with Crippen LogP contribution in [0.15, 0.2) is 54.7 Å². The molecule has 0 saturated carbocycles. The molecule has 2 aromatic carbocycles. The topological polar surface area (TPSA) is 81.3 Å². The highest BCUT2D eigenvalue weighted by Gasteiger charge is 2.28. The maximum atomic E-state index is 13.8. The molecule has 4 rings (SSSR count). The van der Waals surface area contributed by atoms with Gasteiger partial charge in [-0.25, -0.2) is 14.4 Å². The number of nitrogens with two attached hydrogens (primary N) is 1. The molecule has 1 amide bonds. The van der Waals surface area contributed by atoms with Crippen LogP contribution in [-0.2, 0) is 11.2 Å². The number of hydrogen-bond acceptors (Lipinski definition) is 5. The lowest BCUT2D eigenvalue weighted by molar-refractivity contribution is -0.131. The molecule has 1 saturated heterocycles. The molecule has 0 spiro atoms.